The fraction of sp³-hybridized carbons (Fsp3) is 0.471. The van der Waals surface area contributed by atoms with Crippen LogP contribution in [0.3, 0.4) is 0 Å². The highest BCUT2D eigenvalue weighted by atomic mass is 19.1. The van der Waals surface area contributed by atoms with Crippen LogP contribution in [0.1, 0.15) is 29.3 Å². The van der Waals surface area contributed by atoms with E-state index in [-0.39, 0.29) is 5.91 Å². The zero-order chi connectivity index (χ0) is 16.9. The minimum atomic E-state index is -0.481. The average molecular weight is 331 g/mol. The summed E-state index contributed by atoms with van der Waals surface area (Å²) >= 11 is 0. The molecule has 1 fully saturated rings. The van der Waals surface area contributed by atoms with Gasteiger partial charge in [0.05, 0.1) is 18.0 Å². The molecule has 0 bridgehead atoms. The number of nitrogens with zero attached hydrogens (tertiary/aromatic N) is 5. The van der Waals surface area contributed by atoms with Crippen molar-refractivity contribution in [3.63, 3.8) is 0 Å². The summed E-state index contributed by atoms with van der Waals surface area (Å²) in [5, 5.41) is 4.30. The Morgan fingerprint density at radius 2 is 2.08 bits per heavy atom. The van der Waals surface area contributed by atoms with Crippen LogP contribution in [0.2, 0.25) is 0 Å². The summed E-state index contributed by atoms with van der Waals surface area (Å²) in [6.45, 7) is 6.81. The fourth-order valence-corrected chi connectivity index (χ4v) is 2.96. The molecule has 1 saturated heterocycles. The molecule has 1 aliphatic heterocycles. The second-order valence-corrected chi connectivity index (χ2v) is 6.02. The molecule has 0 atom stereocenters. The van der Waals surface area contributed by atoms with Gasteiger partial charge in [-0.3, -0.25) is 19.4 Å². The Bertz CT molecular complexity index is 702. The van der Waals surface area contributed by atoms with Crippen LogP contribution in [0.25, 0.3) is 0 Å². The summed E-state index contributed by atoms with van der Waals surface area (Å²) in [5.41, 5.74) is 1.50. The van der Waals surface area contributed by atoms with Crippen LogP contribution < -0.4 is 0 Å². The first-order valence-corrected chi connectivity index (χ1v) is 8.29. The van der Waals surface area contributed by atoms with Crippen molar-refractivity contribution in [2.24, 2.45) is 0 Å². The van der Waals surface area contributed by atoms with Crippen LogP contribution in [0, 0.1) is 5.82 Å². The number of halogens is 1. The first kappa shape index (κ1) is 16.6. The van der Waals surface area contributed by atoms with Crippen molar-refractivity contribution in [1.82, 2.24) is 24.6 Å². The number of hydrogen-bond donors (Lipinski definition) is 0. The van der Waals surface area contributed by atoms with E-state index >= 15 is 0 Å². The number of pyridine rings is 1. The molecule has 0 aromatic carbocycles. The van der Waals surface area contributed by atoms with E-state index in [1.54, 1.807) is 4.90 Å². The van der Waals surface area contributed by atoms with E-state index in [1.165, 1.54) is 17.8 Å². The zero-order valence-electron chi connectivity index (χ0n) is 13.9. The molecular weight excluding hydrogens is 309 g/mol. The molecule has 24 heavy (non-hydrogen) atoms. The van der Waals surface area contributed by atoms with Crippen molar-refractivity contribution in [1.29, 1.82) is 0 Å². The van der Waals surface area contributed by atoms with Gasteiger partial charge in [0.15, 0.2) is 0 Å². The SMILES string of the molecule is CCn1cc(CN2CCCN(C(=O)c3cncc(F)c3)CC2)cn1. The molecule has 0 aliphatic carbocycles. The third-order valence-corrected chi connectivity index (χ3v) is 4.24. The van der Waals surface area contributed by atoms with Gasteiger partial charge in [-0.15, -0.1) is 0 Å². The second kappa shape index (κ2) is 7.53. The Hall–Kier alpha value is -2.28. The lowest BCUT2D eigenvalue weighted by atomic mass is 10.2. The largest absolute Gasteiger partial charge is 0.337 e. The molecule has 0 saturated carbocycles. The van der Waals surface area contributed by atoms with Gasteiger partial charge >= 0.3 is 0 Å². The molecule has 3 rings (SSSR count). The van der Waals surface area contributed by atoms with Crippen LogP contribution in [-0.2, 0) is 13.1 Å². The lowest BCUT2D eigenvalue weighted by Crippen LogP contribution is -2.35. The van der Waals surface area contributed by atoms with Crippen LogP contribution in [0.15, 0.2) is 30.9 Å². The number of aromatic nitrogens is 3. The van der Waals surface area contributed by atoms with Gasteiger partial charge in [-0.05, 0) is 19.4 Å². The molecule has 1 amide bonds. The number of rotatable bonds is 4. The first-order chi connectivity index (χ1) is 11.7. The van der Waals surface area contributed by atoms with Crippen molar-refractivity contribution < 1.29 is 9.18 Å². The van der Waals surface area contributed by atoms with E-state index in [0.29, 0.717) is 18.7 Å². The summed E-state index contributed by atoms with van der Waals surface area (Å²) in [5.74, 6) is -0.632. The molecule has 0 spiro atoms. The monoisotopic (exact) mass is 331 g/mol. The number of amides is 1. The molecule has 0 radical (unpaired) electrons. The van der Waals surface area contributed by atoms with Crippen LogP contribution in [0.5, 0.6) is 0 Å². The predicted molar refractivity (Wildman–Crippen MR) is 87.9 cm³/mol. The van der Waals surface area contributed by atoms with Crippen molar-refractivity contribution in [3.8, 4) is 0 Å². The first-order valence-electron chi connectivity index (χ1n) is 8.29. The highest BCUT2D eigenvalue weighted by Gasteiger charge is 2.21. The van der Waals surface area contributed by atoms with E-state index in [9.17, 15) is 9.18 Å². The number of carbonyl (C=O) groups is 1. The Balaban J connectivity index is 1.59. The Morgan fingerprint density at radius 3 is 2.83 bits per heavy atom. The van der Waals surface area contributed by atoms with E-state index in [0.717, 1.165) is 38.8 Å². The quantitative estimate of drug-likeness (QED) is 0.857. The summed E-state index contributed by atoms with van der Waals surface area (Å²) in [6.07, 6.45) is 7.39. The van der Waals surface area contributed by atoms with Gasteiger partial charge in [0.1, 0.15) is 5.82 Å². The maximum atomic E-state index is 13.3. The molecule has 2 aromatic rings. The van der Waals surface area contributed by atoms with Crippen molar-refractivity contribution in [2.45, 2.75) is 26.4 Å². The van der Waals surface area contributed by atoms with E-state index in [2.05, 4.69) is 28.1 Å². The lowest BCUT2D eigenvalue weighted by molar-refractivity contribution is 0.0760. The highest BCUT2D eigenvalue weighted by molar-refractivity contribution is 5.93. The predicted octanol–water partition coefficient (Wildman–Crippen LogP) is 1.79. The smallest absolute Gasteiger partial charge is 0.255 e. The second-order valence-electron chi connectivity index (χ2n) is 6.02. The minimum Gasteiger partial charge on any atom is -0.337 e. The Morgan fingerprint density at radius 1 is 1.21 bits per heavy atom. The third-order valence-electron chi connectivity index (χ3n) is 4.24. The molecule has 2 aromatic heterocycles. The highest BCUT2D eigenvalue weighted by Crippen LogP contribution is 2.12. The molecule has 6 nitrogen and oxygen atoms in total. The van der Waals surface area contributed by atoms with Crippen LogP contribution >= 0.6 is 0 Å². The number of aryl methyl sites for hydroxylation is 1. The minimum absolute atomic E-state index is 0.150. The molecule has 3 heterocycles. The van der Waals surface area contributed by atoms with E-state index in [1.807, 2.05) is 10.9 Å². The van der Waals surface area contributed by atoms with Gasteiger partial charge in [0.25, 0.3) is 5.91 Å². The molecule has 0 N–H and O–H groups in total. The van der Waals surface area contributed by atoms with Crippen molar-refractivity contribution in [3.05, 3.63) is 47.8 Å². The summed E-state index contributed by atoms with van der Waals surface area (Å²) in [4.78, 5) is 20.4. The summed E-state index contributed by atoms with van der Waals surface area (Å²) in [6, 6.07) is 1.25. The standard InChI is InChI=1S/C17H22FN5O/c1-2-23-13-14(9-20-23)12-21-4-3-5-22(7-6-21)17(24)15-8-16(18)11-19-10-15/h8-11,13H,2-7,12H2,1H3. The van der Waals surface area contributed by atoms with Gasteiger partial charge in [0, 0.05) is 57.2 Å². The van der Waals surface area contributed by atoms with E-state index in [4.69, 9.17) is 0 Å². The zero-order valence-corrected chi connectivity index (χ0v) is 13.9. The van der Waals surface area contributed by atoms with Crippen molar-refractivity contribution >= 4 is 5.91 Å². The number of carbonyl (C=O) groups excluding carboxylic acids is 1. The van der Waals surface area contributed by atoms with Gasteiger partial charge in [0.2, 0.25) is 0 Å². The molecule has 0 unspecified atom stereocenters. The van der Waals surface area contributed by atoms with Crippen LogP contribution in [-0.4, -0.2) is 56.7 Å². The van der Waals surface area contributed by atoms with Gasteiger partial charge in [-0.2, -0.15) is 5.10 Å². The maximum absolute atomic E-state index is 13.3. The number of hydrogen-bond acceptors (Lipinski definition) is 4. The van der Waals surface area contributed by atoms with E-state index < -0.39 is 5.82 Å². The lowest BCUT2D eigenvalue weighted by Gasteiger charge is -2.21. The molecule has 128 valence electrons. The Labute approximate surface area is 140 Å². The molecular formula is C17H22FN5O. The Kier molecular flexibility index (Phi) is 5.20. The normalized spacial score (nSPS) is 16.2. The van der Waals surface area contributed by atoms with Crippen molar-refractivity contribution in [2.75, 3.05) is 26.2 Å². The summed E-state index contributed by atoms with van der Waals surface area (Å²) in [7, 11) is 0. The summed E-state index contributed by atoms with van der Waals surface area (Å²) < 4.78 is 15.2. The topological polar surface area (TPSA) is 54.3 Å². The third kappa shape index (κ3) is 3.97. The maximum Gasteiger partial charge on any atom is 0.255 e. The molecule has 7 heteroatoms. The average Bonchev–Trinajstić information content (AvgIpc) is 2.91. The molecule has 1 aliphatic rings. The fourth-order valence-electron chi connectivity index (χ4n) is 2.96. The van der Waals surface area contributed by atoms with Gasteiger partial charge in [-0.25, -0.2) is 4.39 Å². The van der Waals surface area contributed by atoms with Crippen LogP contribution in [0.4, 0.5) is 4.39 Å². The van der Waals surface area contributed by atoms with Gasteiger partial charge < -0.3 is 4.90 Å². The van der Waals surface area contributed by atoms with Gasteiger partial charge in [-0.1, -0.05) is 0 Å².